The van der Waals surface area contributed by atoms with Crippen LogP contribution < -0.4 is 10.9 Å². The summed E-state index contributed by atoms with van der Waals surface area (Å²) in [5, 5.41) is 7.19. The molecule has 1 amide bonds. The summed E-state index contributed by atoms with van der Waals surface area (Å²) in [4.78, 5) is 30.9. The number of carbonyl (C=O) groups is 1. The molecule has 0 aliphatic carbocycles. The second-order valence-corrected chi connectivity index (χ2v) is 5.14. The Morgan fingerprint density at radius 3 is 3.04 bits per heavy atom. The van der Waals surface area contributed by atoms with E-state index in [1.165, 1.54) is 6.07 Å². The Morgan fingerprint density at radius 2 is 2.21 bits per heavy atom. The molecule has 2 aromatic heterocycles. The molecule has 0 aliphatic rings. The van der Waals surface area contributed by atoms with Crippen LogP contribution in [0.25, 0.3) is 10.9 Å². The molecule has 8 heteroatoms. The third-order valence-corrected chi connectivity index (χ3v) is 3.40. The molecule has 124 valence electrons. The first-order chi connectivity index (χ1) is 11.7. The second kappa shape index (κ2) is 7.05. The van der Waals surface area contributed by atoms with Crippen LogP contribution in [0.5, 0.6) is 0 Å². The van der Waals surface area contributed by atoms with Crippen molar-refractivity contribution in [3.05, 3.63) is 58.0 Å². The smallest absolute Gasteiger partial charge is 0.252 e. The van der Waals surface area contributed by atoms with E-state index < -0.39 is 0 Å². The van der Waals surface area contributed by atoms with Gasteiger partial charge in [-0.2, -0.15) is 4.98 Å². The molecule has 8 nitrogen and oxygen atoms in total. The SMILES string of the molecule is COCc1noc(CCNC(=O)c2cc(=O)[nH]c3ccccc23)n1. The number of H-pyrrole nitrogens is 1. The lowest BCUT2D eigenvalue weighted by Crippen LogP contribution is -2.27. The highest BCUT2D eigenvalue weighted by molar-refractivity contribution is 6.05. The summed E-state index contributed by atoms with van der Waals surface area (Å²) in [5.74, 6) is 0.548. The zero-order chi connectivity index (χ0) is 16.9. The van der Waals surface area contributed by atoms with Crippen molar-refractivity contribution in [2.45, 2.75) is 13.0 Å². The minimum Gasteiger partial charge on any atom is -0.377 e. The molecule has 0 fully saturated rings. The van der Waals surface area contributed by atoms with Crippen LogP contribution in [0.3, 0.4) is 0 Å². The van der Waals surface area contributed by atoms with Crippen LogP contribution in [-0.2, 0) is 17.8 Å². The molecule has 24 heavy (non-hydrogen) atoms. The van der Waals surface area contributed by atoms with Crippen LogP contribution in [0, 0.1) is 0 Å². The van der Waals surface area contributed by atoms with Gasteiger partial charge < -0.3 is 19.6 Å². The first-order valence-electron chi connectivity index (χ1n) is 7.38. The van der Waals surface area contributed by atoms with E-state index in [0.29, 0.717) is 41.1 Å². The number of nitrogens with one attached hydrogen (secondary N) is 2. The summed E-state index contributed by atoms with van der Waals surface area (Å²) in [6.07, 6.45) is 0.392. The summed E-state index contributed by atoms with van der Waals surface area (Å²) in [6.45, 7) is 0.587. The molecule has 0 atom stereocenters. The maximum Gasteiger partial charge on any atom is 0.252 e. The van der Waals surface area contributed by atoms with Crippen molar-refractivity contribution in [1.82, 2.24) is 20.4 Å². The number of rotatable bonds is 6. The Kier molecular flexibility index (Phi) is 4.66. The highest BCUT2D eigenvalue weighted by Crippen LogP contribution is 2.14. The van der Waals surface area contributed by atoms with Crippen LogP contribution >= 0.6 is 0 Å². The topological polar surface area (TPSA) is 110 Å². The number of nitrogens with zero attached hydrogens (tertiary/aromatic N) is 2. The van der Waals surface area contributed by atoms with E-state index in [0.717, 1.165) is 0 Å². The standard InChI is InChI=1S/C16H16N4O4/c1-23-9-13-19-15(24-20-13)6-7-17-16(22)11-8-14(21)18-12-5-3-2-4-10(11)12/h2-5,8H,6-7,9H2,1H3,(H,17,22)(H,18,21). The fourth-order valence-corrected chi connectivity index (χ4v) is 2.35. The van der Waals surface area contributed by atoms with Crippen LogP contribution in [0.15, 0.2) is 39.6 Å². The predicted octanol–water partition coefficient (Wildman–Crippen LogP) is 1.03. The van der Waals surface area contributed by atoms with Gasteiger partial charge in [-0.25, -0.2) is 0 Å². The largest absolute Gasteiger partial charge is 0.377 e. The van der Waals surface area contributed by atoms with Crippen LogP contribution in [0.4, 0.5) is 0 Å². The summed E-state index contributed by atoms with van der Waals surface area (Å²) in [7, 11) is 1.54. The molecule has 0 radical (unpaired) electrons. The van der Waals surface area contributed by atoms with Gasteiger partial charge in [-0.3, -0.25) is 9.59 Å². The number of carbonyl (C=O) groups excluding carboxylic acids is 1. The van der Waals surface area contributed by atoms with Crippen molar-refractivity contribution >= 4 is 16.8 Å². The van der Waals surface area contributed by atoms with Gasteiger partial charge in [0.15, 0.2) is 5.82 Å². The van der Waals surface area contributed by atoms with Crippen LogP contribution in [-0.4, -0.2) is 34.7 Å². The molecule has 2 heterocycles. The molecule has 1 aromatic carbocycles. The first kappa shape index (κ1) is 15.9. The fraction of sp³-hybridized carbons (Fsp3) is 0.250. The van der Waals surface area contributed by atoms with Gasteiger partial charge in [0, 0.05) is 37.0 Å². The maximum absolute atomic E-state index is 12.4. The number of amides is 1. The average Bonchev–Trinajstić information content (AvgIpc) is 3.01. The van der Waals surface area contributed by atoms with E-state index in [-0.39, 0.29) is 18.1 Å². The minimum atomic E-state index is -0.325. The van der Waals surface area contributed by atoms with Gasteiger partial charge in [-0.15, -0.1) is 0 Å². The lowest BCUT2D eigenvalue weighted by atomic mass is 10.1. The number of fused-ring (bicyclic) bond motifs is 1. The lowest BCUT2D eigenvalue weighted by Gasteiger charge is -2.06. The van der Waals surface area contributed by atoms with Gasteiger partial charge in [0.2, 0.25) is 11.4 Å². The monoisotopic (exact) mass is 328 g/mol. The van der Waals surface area contributed by atoms with E-state index in [1.54, 1.807) is 25.3 Å². The Balaban J connectivity index is 1.68. The first-order valence-corrected chi connectivity index (χ1v) is 7.38. The van der Waals surface area contributed by atoms with Gasteiger partial charge in [0.1, 0.15) is 6.61 Å². The van der Waals surface area contributed by atoms with Gasteiger partial charge in [-0.1, -0.05) is 23.4 Å². The Morgan fingerprint density at radius 1 is 1.38 bits per heavy atom. The molecule has 0 unspecified atom stereocenters. The van der Waals surface area contributed by atoms with E-state index in [4.69, 9.17) is 9.26 Å². The number of para-hydroxylation sites is 1. The van der Waals surface area contributed by atoms with Crippen LogP contribution in [0.2, 0.25) is 0 Å². The zero-order valence-corrected chi connectivity index (χ0v) is 13.0. The highest BCUT2D eigenvalue weighted by Gasteiger charge is 2.12. The van der Waals surface area contributed by atoms with Crippen molar-refractivity contribution in [3.63, 3.8) is 0 Å². The number of ether oxygens (including phenoxy) is 1. The van der Waals surface area contributed by atoms with Crippen molar-refractivity contribution in [2.24, 2.45) is 0 Å². The maximum atomic E-state index is 12.4. The number of aromatic nitrogens is 3. The third kappa shape index (κ3) is 3.49. The highest BCUT2D eigenvalue weighted by atomic mass is 16.5. The van der Waals surface area contributed by atoms with Crippen molar-refractivity contribution < 1.29 is 14.1 Å². The second-order valence-electron chi connectivity index (χ2n) is 5.14. The van der Waals surface area contributed by atoms with Gasteiger partial charge in [0.05, 0.1) is 5.56 Å². The number of hydrogen-bond acceptors (Lipinski definition) is 6. The number of methoxy groups -OCH3 is 1. The fourth-order valence-electron chi connectivity index (χ4n) is 2.35. The van der Waals surface area contributed by atoms with Crippen LogP contribution in [0.1, 0.15) is 22.1 Å². The van der Waals surface area contributed by atoms with E-state index >= 15 is 0 Å². The molecule has 0 aliphatic heterocycles. The Hall–Kier alpha value is -3.00. The summed E-state index contributed by atoms with van der Waals surface area (Å²) in [5.41, 5.74) is 0.635. The minimum absolute atomic E-state index is 0.272. The molecule has 0 bridgehead atoms. The molecule has 3 rings (SSSR count). The van der Waals surface area contributed by atoms with Crippen molar-refractivity contribution in [3.8, 4) is 0 Å². The third-order valence-electron chi connectivity index (χ3n) is 3.40. The number of benzene rings is 1. The van der Waals surface area contributed by atoms with Gasteiger partial charge in [-0.05, 0) is 6.07 Å². The predicted molar refractivity (Wildman–Crippen MR) is 85.6 cm³/mol. The normalized spacial score (nSPS) is 10.9. The Labute approximate surface area is 136 Å². The van der Waals surface area contributed by atoms with Crippen molar-refractivity contribution in [2.75, 3.05) is 13.7 Å². The summed E-state index contributed by atoms with van der Waals surface area (Å²) < 4.78 is 9.95. The molecule has 0 saturated heterocycles. The summed E-state index contributed by atoms with van der Waals surface area (Å²) >= 11 is 0. The quantitative estimate of drug-likeness (QED) is 0.699. The average molecular weight is 328 g/mol. The van der Waals surface area contributed by atoms with Gasteiger partial charge in [0.25, 0.3) is 5.91 Å². The molecular formula is C16H16N4O4. The molecule has 2 N–H and O–H groups in total. The Bertz CT molecular complexity index is 916. The van der Waals surface area contributed by atoms with E-state index in [2.05, 4.69) is 20.4 Å². The molecular weight excluding hydrogens is 312 g/mol. The van der Waals surface area contributed by atoms with Gasteiger partial charge >= 0.3 is 0 Å². The summed E-state index contributed by atoms with van der Waals surface area (Å²) in [6, 6.07) is 8.44. The molecule has 3 aromatic rings. The number of hydrogen-bond donors (Lipinski definition) is 2. The molecule has 0 saturated carbocycles. The number of pyridine rings is 1. The van der Waals surface area contributed by atoms with E-state index in [1.807, 2.05) is 6.07 Å². The lowest BCUT2D eigenvalue weighted by molar-refractivity contribution is 0.0955. The zero-order valence-electron chi connectivity index (χ0n) is 13.0. The molecule has 0 spiro atoms. The number of aromatic amines is 1. The van der Waals surface area contributed by atoms with E-state index in [9.17, 15) is 9.59 Å². The van der Waals surface area contributed by atoms with Crippen molar-refractivity contribution in [1.29, 1.82) is 0 Å².